The van der Waals surface area contributed by atoms with Crippen molar-refractivity contribution in [2.24, 2.45) is 5.10 Å². The molecule has 0 atom stereocenters. The molecule has 1 aromatic heterocycles. The van der Waals surface area contributed by atoms with Crippen LogP contribution >= 0.6 is 22.6 Å². The van der Waals surface area contributed by atoms with Crippen molar-refractivity contribution in [1.29, 1.82) is 0 Å². The quantitative estimate of drug-likeness (QED) is 0.178. The van der Waals surface area contributed by atoms with E-state index >= 15 is 0 Å². The van der Waals surface area contributed by atoms with Crippen LogP contribution in [-0.4, -0.2) is 54.5 Å². The van der Waals surface area contributed by atoms with E-state index in [0.29, 0.717) is 18.3 Å². The van der Waals surface area contributed by atoms with Crippen LogP contribution in [-0.2, 0) is 6.61 Å². The molecule has 2 saturated heterocycles. The molecule has 2 aromatic carbocycles. The van der Waals surface area contributed by atoms with Gasteiger partial charge in [0.2, 0.25) is 17.8 Å². The maximum atomic E-state index is 6.13. The summed E-state index contributed by atoms with van der Waals surface area (Å²) in [6.07, 6.45) is 8.92. The predicted octanol–water partition coefficient (Wildman–Crippen LogP) is 5.80. The number of anilines is 3. The van der Waals surface area contributed by atoms with Crippen LogP contribution in [0.5, 0.6) is 11.5 Å². The molecule has 3 heterocycles. The van der Waals surface area contributed by atoms with Crippen LogP contribution in [0.1, 0.15) is 55.2 Å². The minimum atomic E-state index is 0.460. The van der Waals surface area contributed by atoms with Crippen molar-refractivity contribution in [3.8, 4) is 11.5 Å². The Kier molecular flexibility index (Phi) is 9.33. The van der Waals surface area contributed by atoms with Gasteiger partial charge in [0.1, 0.15) is 6.61 Å². The lowest BCUT2D eigenvalue weighted by atomic mass is 10.1. The van der Waals surface area contributed by atoms with Crippen LogP contribution in [0.3, 0.4) is 0 Å². The lowest BCUT2D eigenvalue weighted by Crippen LogP contribution is -2.34. The molecule has 2 aliphatic heterocycles. The first-order valence-electron chi connectivity index (χ1n) is 13.7. The first-order chi connectivity index (χ1) is 19.1. The summed E-state index contributed by atoms with van der Waals surface area (Å²) in [6.45, 7) is 6.45. The molecule has 1 N–H and O–H groups in total. The molecule has 10 heteroatoms. The number of nitrogens with zero attached hydrogens (tertiary/aromatic N) is 6. The second kappa shape index (κ2) is 13.3. The van der Waals surface area contributed by atoms with E-state index in [-0.39, 0.29) is 0 Å². The topological polar surface area (TPSA) is 88.0 Å². The molecule has 0 bridgehead atoms. The third kappa shape index (κ3) is 7.28. The summed E-state index contributed by atoms with van der Waals surface area (Å²) in [7, 11) is 1.65. The molecule has 0 saturated carbocycles. The molecule has 0 radical (unpaired) electrons. The lowest BCUT2D eigenvalue weighted by Gasteiger charge is -2.30. The van der Waals surface area contributed by atoms with Crippen molar-refractivity contribution < 1.29 is 9.47 Å². The first kappa shape index (κ1) is 27.4. The second-order valence-electron chi connectivity index (χ2n) is 10.0. The molecule has 2 fully saturated rings. The zero-order valence-corrected chi connectivity index (χ0v) is 24.9. The molecular weight excluding hydrogens is 605 g/mol. The number of halogens is 1. The van der Waals surface area contributed by atoms with Crippen molar-refractivity contribution in [1.82, 2.24) is 15.0 Å². The van der Waals surface area contributed by atoms with E-state index in [1.54, 1.807) is 13.3 Å². The Hall–Kier alpha value is -3.15. The molecule has 0 aliphatic carbocycles. The number of hydrogen-bond acceptors (Lipinski definition) is 9. The van der Waals surface area contributed by atoms with Crippen LogP contribution in [0, 0.1) is 10.5 Å². The molecule has 5 rings (SSSR count). The van der Waals surface area contributed by atoms with Gasteiger partial charge in [-0.05, 0) is 91.3 Å². The zero-order chi connectivity index (χ0) is 27.0. The number of nitrogens with one attached hydrogen (secondary N) is 1. The fourth-order valence-corrected chi connectivity index (χ4v) is 5.61. The van der Waals surface area contributed by atoms with E-state index < -0.39 is 0 Å². The van der Waals surface area contributed by atoms with Crippen LogP contribution in [0.25, 0.3) is 0 Å². The maximum Gasteiger partial charge on any atom is 0.250 e. The van der Waals surface area contributed by atoms with Crippen molar-refractivity contribution in [2.45, 2.75) is 52.1 Å². The Balaban J connectivity index is 1.31. The van der Waals surface area contributed by atoms with Crippen LogP contribution < -0.4 is 24.7 Å². The SMILES string of the molecule is COc1cc(/C=N/Nc2nc(N3CCCCC3)nc(N3CCCCC3)n2)cc(I)c1OCc1ccc(C)cc1. The summed E-state index contributed by atoms with van der Waals surface area (Å²) in [5, 5.41) is 4.47. The number of methoxy groups -OCH3 is 1. The van der Waals surface area contributed by atoms with E-state index in [9.17, 15) is 0 Å². The number of piperidine rings is 2. The van der Waals surface area contributed by atoms with Crippen molar-refractivity contribution >= 4 is 46.7 Å². The molecule has 39 heavy (non-hydrogen) atoms. The molecule has 9 nitrogen and oxygen atoms in total. The van der Waals surface area contributed by atoms with Crippen LogP contribution in [0.2, 0.25) is 0 Å². The van der Waals surface area contributed by atoms with Gasteiger partial charge in [0.05, 0.1) is 16.9 Å². The van der Waals surface area contributed by atoms with Crippen molar-refractivity contribution in [3.05, 3.63) is 56.7 Å². The monoisotopic (exact) mass is 641 g/mol. The molecule has 206 valence electrons. The highest BCUT2D eigenvalue weighted by atomic mass is 127. The highest BCUT2D eigenvalue weighted by Crippen LogP contribution is 2.34. The van der Waals surface area contributed by atoms with E-state index in [2.05, 4.69) is 74.1 Å². The van der Waals surface area contributed by atoms with Gasteiger partial charge in [-0.15, -0.1) is 0 Å². The molecule has 2 aliphatic rings. The Morgan fingerprint density at radius 2 is 1.51 bits per heavy atom. The Bertz CT molecular complexity index is 1240. The highest BCUT2D eigenvalue weighted by molar-refractivity contribution is 14.1. The smallest absolute Gasteiger partial charge is 0.250 e. The van der Waals surface area contributed by atoms with Gasteiger partial charge in [0.15, 0.2) is 11.5 Å². The second-order valence-corrected chi connectivity index (χ2v) is 11.2. The van der Waals surface area contributed by atoms with E-state index in [1.165, 1.54) is 18.4 Å². The maximum absolute atomic E-state index is 6.13. The summed E-state index contributed by atoms with van der Waals surface area (Å²) < 4.78 is 12.7. The van der Waals surface area contributed by atoms with Gasteiger partial charge >= 0.3 is 0 Å². The molecule has 0 spiro atoms. The lowest BCUT2D eigenvalue weighted by molar-refractivity contribution is 0.282. The third-order valence-corrected chi connectivity index (χ3v) is 7.82. The van der Waals surface area contributed by atoms with Gasteiger partial charge in [-0.1, -0.05) is 29.8 Å². The minimum Gasteiger partial charge on any atom is -0.493 e. The highest BCUT2D eigenvalue weighted by Gasteiger charge is 2.20. The number of ether oxygens (including phenoxy) is 2. The van der Waals surface area contributed by atoms with E-state index in [4.69, 9.17) is 24.4 Å². The van der Waals surface area contributed by atoms with Crippen molar-refractivity contribution in [2.75, 3.05) is 48.5 Å². The average molecular weight is 642 g/mol. The molecular formula is C29H36IN7O2. The summed E-state index contributed by atoms with van der Waals surface area (Å²) in [6, 6.07) is 12.3. The van der Waals surface area contributed by atoms with Gasteiger partial charge < -0.3 is 19.3 Å². The Morgan fingerprint density at radius 1 is 0.897 bits per heavy atom. The van der Waals surface area contributed by atoms with E-state index in [1.807, 2.05) is 12.1 Å². The first-order valence-corrected chi connectivity index (χ1v) is 14.8. The predicted molar refractivity (Wildman–Crippen MR) is 164 cm³/mol. The zero-order valence-electron chi connectivity index (χ0n) is 22.7. The summed E-state index contributed by atoms with van der Waals surface area (Å²) in [4.78, 5) is 18.8. The normalized spacial score (nSPS) is 16.0. The van der Waals surface area contributed by atoms with Gasteiger partial charge in [-0.2, -0.15) is 20.1 Å². The van der Waals surface area contributed by atoms with Gasteiger partial charge in [0.25, 0.3) is 0 Å². The largest absolute Gasteiger partial charge is 0.493 e. The number of rotatable bonds is 9. The molecule has 3 aromatic rings. The van der Waals surface area contributed by atoms with E-state index in [0.717, 1.165) is 84.2 Å². The van der Waals surface area contributed by atoms with Crippen LogP contribution in [0.15, 0.2) is 41.5 Å². The molecule has 0 unspecified atom stereocenters. The number of benzene rings is 2. The minimum absolute atomic E-state index is 0.460. The summed E-state index contributed by atoms with van der Waals surface area (Å²) in [5.74, 6) is 3.31. The summed E-state index contributed by atoms with van der Waals surface area (Å²) in [5.41, 5.74) is 6.27. The Labute approximate surface area is 244 Å². The van der Waals surface area contributed by atoms with Gasteiger partial charge in [0, 0.05) is 26.2 Å². The third-order valence-electron chi connectivity index (χ3n) is 7.02. The fourth-order valence-electron chi connectivity index (χ4n) is 4.83. The standard InChI is InChI=1S/C29H36IN7O2/c1-21-9-11-22(12-10-21)20-39-26-24(30)17-23(18-25(26)38-2)19-31-35-27-32-28(36-13-5-3-6-14-36)34-29(33-27)37-15-7-4-8-16-37/h9-12,17-19H,3-8,13-16,20H2,1-2H3,(H,32,33,34,35)/b31-19+. The summed E-state index contributed by atoms with van der Waals surface area (Å²) >= 11 is 2.27. The number of hydrazone groups is 1. The average Bonchev–Trinajstić information content (AvgIpc) is 2.98. The van der Waals surface area contributed by atoms with Gasteiger partial charge in [-0.3, -0.25) is 0 Å². The fraction of sp³-hybridized carbons (Fsp3) is 0.448. The Morgan fingerprint density at radius 3 is 2.10 bits per heavy atom. The van der Waals surface area contributed by atoms with Gasteiger partial charge in [-0.25, -0.2) is 5.43 Å². The number of aromatic nitrogens is 3. The molecule has 0 amide bonds. The number of hydrogen-bond donors (Lipinski definition) is 1. The van der Waals surface area contributed by atoms with Crippen LogP contribution in [0.4, 0.5) is 17.8 Å². The van der Waals surface area contributed by atoms with Crippen molar-refractivity contribution in [3.63, 3.8) is 0 Å². The number of aryl methyl sites for hydroxylation is 1.